The topological polar surface area (TPSA) is 67.2 Å². The number of benzene rings is 2. The molecule has 0 saturated heterocycles. The van der Waals surface area contributed by atoms with E-state index in [4.69, 9.17) is 10.00 Å². The van der Waals surface area contributed by atoms with Gasteiger partial charge in [0.05, 0.1) is 29.4 Å². The third kappa shape index (κ3) is 2.98. The van der Waals surface area contributed by atoms with Gasteiger partial charge in [-0.05, 0) is 29.8 Å². The molecule has 0 N–H and O–H groups in total. The lowest BCUT2D eigenvalue weighted by Crippen LogP contribution is -2.06. The Kier molecular flexibility index (Phi) is 4.06. The Morgan fingerprint density at radius 2 is 1.90 bits per heavy atom. The van der Waals surface area contributed by atoms with Gasteiger partial charge in [-0.1, -0.05) is 24.3 Å². The summed E-state index contributed by atoms with van der Waals surface area (Å²) in [5, 5.41) is 9.00. The lowest BCUT2D eigenvalue weighted by molar-refractivity contribution is 0.413. The van der Waals surface area contributed by atoms with E-state index in [9.17, 15) is 8.42 Å². The standard InChI is InChI=1S/C15H13NO3S/c1-19-14-7-4-8-15(9-14)20(17,18)11-13-6-3-2-5-12(13)10-16/h2-9H,11H2,1H3. The van der Waals surface area contributed by atoms with Crippen LogP contribution in [0.25, 0.3) is 0 Å². The van der Waals surface area contributed by atoms with Crippen LogP contribution in [0.15, 0.2) is 53.4 Å². The second-order valence-electron chi connectivity index (χ2n) is 4.21. The molecule has 0 atom stereocenters. The molecule has 102 valence electrons. The number of sulfone groups is 1. The number of hydrogen-bond donors (Lipinski definition) is 0. The molecule has 0 radical (unpaired) electrons. The van der Waals surface area contributed by atoms with E-state index in [-0.39, 0.29) is 10.6 Å². The third-order valence-corrected chi connectivity index (χ3v) is 4.55. The summed E-state index contributed by atoms with van der Waals surface area (Å²) in [6.45, 7) is 0. The first-order valence-corrected chi connectivity index (χ1v) is 7.57. The van der Waals surface area contributed by atoms with Crippen molar-refractivity contribution in [3.8, 4) is 11.8 Å². The van der Waals surface area contributed by atoms with Crippen molar-refractivity contribution < 1.29 is 13.2 Å². The molecule has 0 fully saturated rings. The van der Waals surface area contributed by atoms with Crippen LogP contribution in [0.1, 0.15) is 11.1 Å². The van der Waals surface area contributed by atoms with Gasteiger partial charge in [0, 0.05) is 0 Å². The second kappa shape index (κ2) is 5.76. The molecule has 0 unspecified atom stereocenters. The minimum atomic E-state index is -3.51. The Labute approximate surface area is 118 Å². The largest absolute Gasteiger partial charge is 0.497 e. The van der Waals surface area contributed by atoms with Crippen molar-refractivity contribution >= 4 is 9.84 Å². The Balaban J connectivity index is 2.39. The maximum absolute atomic E-state index is 12.4. The summed E-state index contributed by atoms with van der Waals surface area (Å²) < 4.78 is 29.8. The Morgan fingerprint density at radius 1 is 1.15 bits per heavy atom. The van der Waals surface area contributed by atoms with Gasteiger partial charge in [-0.3, -0.25) is 0 Å². The fourth-order valence-corrected chi connectivity index (χ4v) is 3.25. The van der Waals surface area contributed by atoms with Gasteiger partial charge in [0.15, 0.2) is 9.84 Å². The minimum Gasteiger partial charge on any atom is -0.497 e. The molecule has 0 aliphatic carbocycles. The van der Waals surface area contributed by atoms with Crippen LogP contribution < -0.4 is 4.74 Å². The zero-order valence-corrected chi connectivity index (χ0v) is 11.7. The van der Waals surface area contributed by atoms with E-state index in [0.29, 0.717) is 16.9 Å². The van der Waals surface area contributed by atoms with Crippen molar-refractivity contribution in [2.24, 2.45) is 0 Å². The van der Waals surface area contributed by atoms with Crippen molar-refractivity contribution in [1.82, 2.24) is 0 Å². The average Bonchev–Trinajstić information content (AvgIpc) is 2.47. The minimum absolute atomic E-state index is 0.185. The first-order chi connectivity index (χ1) is 9.56. The maximum Gasteiger partial charge on any atom is 0.182 e. The molecular weight excluding hydrogens is 274 g/mol. The normalized spacial score (nSPS) is 10.8. The maximum atomic E-state index is 12.4. The first kappa shape index (κ1) is 14.1. The van der Waals surface area contributed by atoms with Crippen LogP contribution in [0.4, 0.5) is 0 Å². The average molecular weight is 287 g/mol. The molecule has 0 heterocycles. The van der Waals surface area contributed by atoms with Gasteiger partial charge in [0.25, 0.3) is 0 Å². The number of ether oxygens (including phenoxy) is 1. The van der Waals surface area contributed by atoms with Crippen molar-refractivity contribution in [3.05, 3.63) is 59.7 Å². The molecule has 2 aromatic carbocycles. The Bertz CT molecular complexity index is 761. The predicted molar refractivity (Wildman–Crippen MR) is 75.0 cm³/mol. The fourth-order valence-electron chi connectivity index (χ4n) is 1.84. The number of rotatable bonds is 4. The molecule has 2 aromatic rings. The molecule has 0 aliphatic heterocycles. The van der Waals surface area contributed by atoms with Crippen LogP contribution in [-0.4, -0.2) is 15.5 Å². The number of methoxy groups -OCH3 is 1. The van der Waals surface area contributed by atoms with Gasteiger partial charge in [0.1, 0.15) is 5.75 Å². The lowest BCUT2D eigenvalue weighted by atomic mass is 10.1. The molecule has 0 saturated carbocycles. The second-order valence-corrected chi connectivity index (χ2v) is 6.20. The van der Waals surface area contributed by atoms with Crippen molar-refractivity contribution in [2.75, 3.05) is 7.11 Å². The summed E-state index contributed by atoms with van der Waals surface area (Å²) in [6, 6.07) is 15.0. The van der Waals surface area contributed by atoms with Gasteiger partial charge >= 0.3 is 0 Å². The number of nitrogens with zero attached hydrogens (tertiary/aromatic N) is 1. The monoisotopic (exact) mass is 287 g/mol. The van der Waals surface area contributed by atoms with Crippen LogP contribution in [0, 0.1) is 11.3 Å². The van der Waals surface area contributed by atoms with Crippen molar-refractivity contribution in [3.63, 3.8) is 0 Å². The van der Waals surface area contributed by atoms with Crippen LogP contribution in [-0.2, 0) is 15.6 Å². The highest BCUT2D eigenvalue weighted by atomic mass is 32.2. The highest BCUT2D eigenvalue weighted by Gasteiger charge is 2.17. The van der Waals surface area contributed by atoms with Gasteiger partial charge in [0.2, 0.25) is 0 Å². The van der Waals surface area contributed by atoms with E-state index < -0.39 is 9.84 Å². The van der Waals surface area contributed by atoms with Crippen LogP contribution >= 0.6 is 0 Å². The summed E-state index contributed by atoms with van der Waals surface area (Å²) >= 11 is 0. The highest BCUT2D eigenvalue weighted by Crippen LogP contribution is 2.22. The zero-order valence-electron chi connectivity index (χ0n) is 10.9. The lowest BCUT2D eigenvalue weighted by Gasteiger charge is -2.07. The van der Waals surface area contributed by atoms with Crippen LogP contribution in [0.5, 0.6) is 5.75 Å². The molecule has 4 nitrogen and oxygen atoms in total. The summed E-state index contributed by atoms with van der Waals surface area (Å²) in [6.07, 6.45) is 0. The van der Waals surface area contributed by atoms with E-state index in [1.165, 1.54) is 19.2 Å². The van der Waals surface area contributed by atoms with Crippen LogP contribution in [0.2, 0.25) is 0 Å². The van der Waals surface area contributed by atoms with Gasteiger partial charge in [-0.15, -0.1) is 0 Å². The molecule has 0 spiro atoms. The van der Waals surface area contributed by atoms with Gasteiger partial charge in [-0.2, -0.15) is 5.26 Å². The fraction of sp³-hybridized carbons (Fsp3) is 0.133. The smallest absolute Gasteiger partial charge is 0.182 e. The van der Waals surface area contributed by atoms with Crippen molar-refractivity contribution in [2.45, 2.75) is 10.6 Å². The van der Waals surface area contributed by atoms with E-state index in [1.807, 2.05) is 6.07 Å². The van der Waals surface area contributed by atoms with Gasteiger partial charge in [-0.25, -0.2) is 8.42 Å². The van der Waals surface area contributed by atoms with E-state index in [0.717, 1.165) is 0 Å². The summed E-state index contributed by atoms with van der Waals surface area (Å²) in [5.41, 5.74) is 0.872. The molecule has 0 bridgehead atoms. The summed E-state index contributed by atoms with van der Waals surface area (Å²) in [4.78, 5) is 0.185. The van der Waals surface area contributed by atoms with Crippen LogP contribution in [0.3, 0.4) is 0 Å². The summed E-state index contributed by atoms with van der Waals surface area (Å²) in [5.74, 6) is 0.281. The molecule has 5 heteroatoms. The molecule has 20 heavy (non-hydrogen) atoms. The van der Waals surface area contributed by atoms with E-state index in [2.05, 4.69) is 0 Å². The molecule has 0 amide bonds. The number of hydrogen-bond acceptors (Lipinski definition) is 4. The number of nitriles is 1. The Hall–Kier alpha value is -2.32. The molecular formula is C15H13NO3S. The SMILES string of the molecule is COc1cccc(S(=O)(=O)Cc2ccccc2C#N)c1. The molecule has 0 aromatic heterocycles. The third-order valence-electron chi connectivity index (χ3n) is 2.88. The quantitative estimate of drug-likeness (QED) is 0.866. The highest BCUT2D eigenvalue weighted by molar-refractivity contribution is 7.90. The molecule has 2 rings (SSSR count). The van der Waals surface area contributed by atoms with Gasteiger partial charge < -0.3 is 4.74 Å². The predicted octanol–water partition coefficient (Wildman–Crippen LogP) is 2.54. The zero-order chi connectivity index (χ0) is 14.6. The molecule has 0 aliphatic rings. The van der Waals surface area contributed by atoms with E-state index >= 15 is 0 Å². The first-order valence-electron chi connectivity index (χ1n) is 5.91. The van der Waals surface area contributed by atoms with E-state index in [1.54, 1.807) is 36.4 Å². The van der Waals surface area contributed by atoms with Crippen molar-refractivity contribution in [1.29, 1.82) is 5.26 Å². The summed E-state index contributed by atoms with van der Waals surface area (Å²) in [7, 11) is -2.03. The Morgan fingerprint density at radius 3 is 2.60 bits per heavy atom.